The number of amides is 14. The smallest absolute Gasteiger partial charge is 0.471 e. The number of carbonyl (C=O) groups excluding carboxylic acids is 14. The predicted molar refractivity (Wildman–Crippen MR) is 526 cm³/mol. The van der Waals surface area contributed by atoms with Crippen molar-refractivity contribution in [1.82, 2.24) is 74.4 Å². The van der Waals surface area contributed by atoms with E-state index in [0.29, 0.717) is 63.5 Å². The van der Waals surface area contributed by atoms with E-state index in [0.717, 1.165) is 31.7 Å². The first-order valence-corrected chi connectivity index (χ1v) is 53.1. The minimum Gasteiger partial charge on any atom is -0.492 e. The molecule has 150 heavy (non-hydrogen) atoms. The zero-order valence-corrected chi connectivity index (χ0v) is 87.0. The van der Waals surface area contributed by atoms with Crippen LogP contribution in [0.2, 0.25) is 0 Å². The van der Waals surface area contributed by atoms with Gasteiger partial charge < -0.3 is 188 Å². The van der Waals surface area contributed by atoms with Crippen LogP contribution in [0, 0.1) is 0 Å². The average Bonchev–Trinajstić information content (AvgIpc) is 0.821. The first-order valence-electron chi connectivity index (χ1n) is 50.5. The van der Waals surface area contributed by atoms with Gasteiger partial charge in [-0.3, -0.25) is 81.0 Å². The first-order chi connectivity index (χ1) is 71.5. The van der Waals surface area contributed by atoms with E-state index in [1.807, 2.05) is 0 Å². The molecule has 0 spiro atoms. The lowest BCUT2D eigenvalue weighted by atomic mass is 9.97. The van der Waals surface area contributed by atoms with Gasteiger partial charge in [-0.1, -0.05) is 19.3 Å². The molecule has 4 aliphatic heterocycles. The zero-order chi connectivity index (χ0) is 111. The van der Waals surface area contributed by atoms with Crippen LogP contribution in [0.3, 0.4) is 0 Å². The van der Waals surface area contributed by atoms with E-state index >= 15 is 0 Å². The number of aliphatic hydroxyl groups is 12. The summed E-state index contributed by atoms with van der Waals surface area (Å²) in [6.07, 6.45) is -16.8. The molecule has 4 aliphatic rings. The van der Waals surface area contributed by atoms with Crippen molar-refractivity contribution in [1.29, 1.82) is 0 Å². The minimum absolute atomic E-state index is 0.00205. The van der Waals surface area contributed by atoms with E-state index in [2.05, 4.69) is 79.0 Å². The molecule has 1 aromatic carbocycles. The number of nitrogens with one attached hydrogen (secondary N) is 14. The number of phosphoric acid groups is 1. The van der Waals surface area contributed by atoms with Crippen LogP contribution < -0.4 is 79.2 Å². The summed E-state index contributed by atoms with van der Waals surface area (Å²) in [6, 6.07) is -3.41. The van der Waals surface area contributed by atoms with Crippen molar-refractivity contribution in [2.75, 3.05) is 131 Å². The Hall–Kier alpha value is -9.27. The standard InChI is InChI=1S/C93H157N14O41PS/c1-53(112)102-73-81(127)77(123)62(49-108)145-90(73)140-38-18-11-25-67(116)94-30-15-9-23-60(106-70(119)27-13-20-40-142-92-75(104-55(3)114)83(129)79(125)64(51-110)147-92)87(133)100-35-33-98-85(131)57-45-58(47-59(46-57)139-43-37-96-69(118)29-32-97-89(135)66(48-72(121)122)150-44-22-8-6-7-17-42-144-149(136,137)138-5)86(132)99-34-36-101-88(134)61(107-71(120)28-14-21-41-143-93-76(105-56(4)115)84(130)80(126)65(52-111)148-93)24-10-16-31-95-68(117)26-12-19-39-141-91-74(103-54(2)113)82(128)78(124)63(50-109)146-91/h45-47,60-66,73-84,90-93,108-111,123-130H,6-44,48-52H2,1-5H3,(H,94,116)(H,95,117)(H,96,118)(H,97,135)(H,98,131)(H,99,132)(H,100,133)(H,101,134)(H,102,112)(H,103,113)(H,104,114)(H,105,115)(H,106,119)(H,107,120)(H,121,122)(H,136,137)/t60-,61-,62?,63?,64?,65?,66?,73?,74?,75?,76?,77?,78?,79?,80?,81?,82?,83?,84?,90?,91?,92?,93?/m0/s1. The van der Waals surface area contributed by atoms with Gasteiger partial charge in [0.25, 0.3) is 11.8 Å². The number of carboxylic acids is 1. The third-order valence-electron chi connectivity index (χ3n) is 24.1. The predicted octanol–water partition coefficient (Wildman–Crippen LogP) is -7.26. The van der Waals surface area contributed by atoms with Crippen LogP contribution in [0.4, 0.5) is 0 Å². The third-order valence-corrected chi connectivity index (χ3v) is 26.3. The molecule has 0 aliphatic carbocycles. The maximum absolute atomic E-state index is 14.2. The maximum Gasteiger partial charge on any atom is 0.471 e. The van der Waals surface area contributed by atoms with Gasteiger partial charge in [-0.2, -0.15) is 0 Å². The number of hydrogen-bond acceptors (Lipinski definition) is 40. The maximum atomic E-state index is 14.2. The summed E-state index contributed by atoms with van der Waals surface area (Å²) in [5.41, 5.74) is -0.339. The molecule has 4 saturated heterocycles. The van der Waals surface area contributed by atoms with Crippen molar-refractivity contribution in [3.8, 4) is 5.75 Å². The summed E-state index contributed by atoms with van der Waals surface area (Å²) in [4.78, 5) is 205. The summed E-state index contributed by atoms with van der Waals surface area (Å²) in [7, 11) is -3.04. The van der Waals surface area contributed by atoms with Crippen LogP contribution in [0.1, 0.15) is 209 Å². The van der Waals surface area contributed by atoms with Crippen molar-refractivity contribution in [2.45, 2.75) is 328 Å². The molecule has 0 saturated carbocycles. The highest BCUT2D eigenvalue weighted by molar-refractivity contribution is 8.00. The van der Waals surface area contributed by atoms with E-state index in [4.69, 9.17) is 47.2 Å². The van der Waals surface area contributed by atoms with Crippen molar-refractivity contribution >= 4 is 108 Å². The van der Waals surface area contributed by atoms with E-state index in [1.165, 1.54) is 45.9 Å². The van der Waals surface area contributed by atoms with Crippen LogP contribution in [0.15, 0.2) is 18.2 Å². The normalized spacial score (nSPS) is 24.5. The Kier molecular flexibility index (Phi) is 63.3. The van der Waals surface area contributed by atoms with Crippen molar-refractivity contribution in [3.05, 3.63) is 29.3 Å². The molecule has 22 unspecified atom stereocenters. The highest BCUT2D eigenvalue weighted by Gasteiger charge is 2.50. The van der Waals surface area contributed by atoms with Crippen LogP contribution in [-0.4, -0.2) is 431 Å². The second-order valence-corrected chi connectivity index (χ2v) is 39.1. The number of carboxylic acid groups (broad SMARTS) is 1. The number of carbonyl (C=O) groups is 15. The SMILES string of the molecule is COP(=O)(O)OCCCCCCCSC(CC(=O)O)C(=O)NCCC(=O)NCCOc1cc(C(=O)NCCNC(=O)[C@H](CCCCNC(=O)CCCCOC2OC(CO)C(O)C(O)C2NC(C)=O)NC(=O)CCCCOC2OC(CO)C(O)C(O)C2NC(C)=O)cc(C(=O)NCCNC(=O)[C@H](CCCCNC(=O)CCCCOC2OC(CO)C(O)C(O)C2NC(C)=O)NC(=O)CCCCOC2OC(CO)C(O)C(O)C2NC(C)=O)c1. The van der Waals surface area contributed by atoms with Gasteiger partial charge in [-0.15, -0.1) is 11.8 Å². The highest BCUT2D eigenvalue weighted by Crippen LogP contribution is 2.42. The van der Waals surface area contributed by atoms with Gasteiger partial charge in [-0.25, -0.2) is 4.57 Å². The molecule has 57 heteroatoms. The molecule has 28 N–H and O–H groups in total. The van der Waals surface area contributed by atoms with Gasteiger partial charge in [0.1, 0.15) is 122 Å². The molecular formula is C93H157N14O41PS. The Balaban J connectivity index is 1.27. The number of aliphatic hydroxyl groups excluding tert-OH is 12. The van der Waals surface area contributed by atoms with Crippen LogP contribution in [-0.2, 0) is 114 Å². The minimum atomic E-state index is -4.09. The molecule has 0 aromatic heterocycles. The first kappa shape index (κ1) is 131. The molecular weight excluding hydrogens is 2030 g/mol. The summed E-state index contributed by atoms with van der Waals surface area (Å²) < 4.78 is 72.2. The summed E-state index contributed by atoms with van der Waals surface area (Å²) in [5, 5.41) is 169. The molecule has 24 atom stereocenters. The quantitative estimate of drug-likeness (QED) is 0.0213. The molecule has 4 fully saturated rings. The molecule has 1 aromatic rings. The lowest BCUT2D eigenvalue weighted by Crippen LogP contribution is -2.64. The summed E-state index contributed by atoms with van der Waals surface area (Å²) in [5.74, 6) is -9.08. The number of benzene rings is 1. The number of ether oxygens (including phenoxy) is 9. The summed E-state index contributed by atoms with van der Waals surface area (Å²) in [6.45, 7) is 0.520. The van der Waals surface area contributed by atoms with Gasteiger partial charge in [0.05, 0.1) is 51.2 Å². The van der Waals surface area contributed by atoms with E-state index in [9.17, 15) is 148 Å². The highest BCUT2D eigenvalue weighted by atomic mass is 32.2. The largest absolute Gasteiger partial charge is 0.492 e. The number of phosphoric ester groups is 1. The van der Waals surface area contributed by atoms with Crippen molar-refractivity contribution in [2.24, 2.45) is 0 Å². The number of hydrogen-bond donors (Lipinski definition) is 28. The van der Waals surface area contributed by atoms with E-state index in [-0.39, 0.29) is 204 Å². The molecule has 14 amide bonds. The zero-order valence-electron chi connectivity index (χ0n) is 85.3. The fraction of sp³-hybridized carbons (Fsp3) is 0.774. The Morgan fingerprint density at radius 1 is 0.360 bits per heavy atom. The number of aliphatic carboxylic acids is 1. The average molecular weight is 2190 g/mol. The third kappa shape index (κ3) is 49.9. The lowest BCUT2D eigenvalue weighted by molar-refractivity contribution is -0.270. The Morgan fingerprint density at radius 3 is 1.04 bits per heavy atom. The second-order valence-electron chi connectivity index (χ2n) is 36.3. The Labute approximate surface area is 872 Å². The fourth-order valence-corrected chi connectivity index (χ4v) is 17.6. The van der Waals surface area contributed by atoms with Crippen molar-refractivity contribution < 1.29 is 199 Å². The number of unbranched alkanes of at least 4 members (excludes halogenated alkanes) is 10. The lowest BCUT2D eigenvalue weighted by Gasteiger charge is -2.42. The molecule has 4 heterocycles. The van der Waals surface area contributed by atoms with Gasteiger partial charge >= 0.3 is 13.8 Å². The van der Waals surface area contributed by atoms with Crippen LogP contribution >= 0.6 is 19.6 Å². The Morgan fingerprint density at radius 2 is 0.687 bits per heavy atom. The van der Waals surface area contributed by atoms with Crippen LogP contribution in [0.25, 0.3) is 0 Å². The Bertz CT molecular complexity index is 4150. The topological polar surface area (TPSA) is 826 Å². The number of rotatable bonds is 75. The van der Waals surface area contributed by atoms with Crippen LogP contribution in [0.5, 0.6) is 5.75 Å². The van der Waals surface area contributed by atoms with Gasteiger partial charge in [-0.05, 0) is 127 Å². The van der Waals surface area contributed by atoms with Gasteiger partial charge in [0.15, 0.2) is 25.2 Å². The molecule has 5 rings (SSSR count). The second kappa shape index (κ2) is 72.4. The molecule has 856 valence electrons. The molecule has 0 bridgehead atoms. The van der Waals surface area contributed by atoms with E-state index in [1.54, 1.807) is 0 Å². The van der Waals surface area contributed by atoms with Gasteiger partial charge in [0.2, 0.25) is 70.9 Å². The summed E-state index contributed by atoms with van der Waals surface area (Å²) >= 11 is 1.14. The number of thioether (sulfide) groups is 1. The van der Waals surface area contributed by atoms with Crippen molar-refractivity contribution in [3.63, 3.8) is 0 Å². The van der Waals surface area contributed by atoms with Gasteiger partial charge in [0, 0.05) is 150 Å². The molecule has 0 radical (unpaired) electrons. The molecule has 55 nitrogen and oxygen atoms in total. The monoisotopic (exact) mass is 2190 g/mol. The van der Waals surface area contributed by atoms with E-state index < -0.39 is 257 Å². The fourth-order valence-electron chi connectivity index (χ4n) is 16.0.